The van der Waals surface area contributed by atoms with Gasteiger partial charge in [-0.3, -0.25) is 4.79 Å². The van der Waals surface area contributed by atoms with E-state index in [0.717, 1.165) is 44.1 Å². The van der Waals surface area contributed by atoms with E-state index < -0.39 is 0 Å². The minimum absolute atomic E-state index is 0.00351. The van der Waals surface area contributed by atoms with E-state index in [0.29, 0.717) is 10.7 Å². The van der Waals surface area contributed by atoms with Crippen molar-refractivity contribution in [1.82, 2.24) is 14.8 Å². The van der Waals surface area contributed by atoms with Crippen LogP contribution < -0.4 is 5.32 Å². The summed E-state index contributed by atoms with van der Waals surface area (Å²) in [7, 11) is 0. The number of aromatic nitrogens is 1. The predicted octanol–water partition coefficient (Wildman–Crippen LogP) is 3.26. The van der Waals surface area contributed by atoms with E-state index in [2.05, 4.69) is 22.1 Å². The number of halogens is 1. The van der Waals surface area contributed by atoms with Crippen molar-refractivity contribution < 1.29 is 4.79 Å². The van der Waals surface area contributed by atoms with E-state index in [4.69, 9.17) is 11.6 Å². The number of pyridine rings is 1. The Morgan fingerprint density at radius 3 is 2.33 bits per heavy atom. The summed E-state index contributed by atoms with van der Waals surface area (Å²) in [5, 5.41) is 3.93. The van der Waals surface area contributed by atoms with Gasteiger partial charge < -0.3 is 15.1 Å². The number of anilines is 2. The third-order valence-corrected chi connectivity index (χ3v) is 4.47. The Balaban J connectivity index is 1.61. The Morgan fingerprint density at radius 1 is 1.08 bits per heavy atom. The van der Waals surface area contributed by atoms with Crippen LogP contribution in [0.3, 0.4) is 0 Å². The van der Waals surface area contributed by atoms with Crippen LogP contribution in [0.15, 0.2) is 42.6 Å². The molecule has 126 valence electrons. The van der Waals surface area contributed by atoms with Crippen molar-refractivity contribution in [2.24, 2.45) is 0 Å². The summed E-state index contributed by atoms with van der Waals surface area (Å²) in [4.78, 5) is 21.0. The first-order valence-corrected chi connectivity index (χ1v) is 8.54. The van der Waals surface area contributed by atoms with Crippen molar-refractivity contribution in [1.29, 1.82) is 0 Å². The molecule has 1 aromatic heterocycles. The zero-order valence-corrected chi connectivity index (χ0v) is 14.5. The lowest BCUT2D eigenvalue weighted by Crippen LogP contribution is -2.48. The van der Waals surface area contributed by atoms with Gasteiger partial charge in [-0.15, -0.1) is 0 Å². The molecule has 5 nitrogen and oxygen atoms in total. The van der Waals surface area contributed by atoms with Crippen molar-refractivity contribution in [3.63, 3.8) is 0 Å². The van der Waals surface area contributed by atoms with Crippen LogP contribution in [0.5, 0.6) is 0 Å². The molecular formula is C18H21ClN4O. The van der Waals surface area contributed by atoms with Crippen LogP contribution >= 0.6 is 11.6 Å². The second-order valence-corrected chi connectivity index (χ2v) is 6.23. The highest BCUT2D eigenvalue weighted by atomic mass is 35.5. The summed E-state index contributed by atoms with van der Waals surface area (Å²) < 4.78 is 0. The Morgan fingerprint density at radius 2 is 1.75 bits per heavy atom. The quantitative estimate of drug-likeness (QED) is 0.925. The monoisotopic (exact) mass is 344 g/mol. The number of rotatable bonds is 4. The van der Waals surface area contributed by atoms with Gasteiger partial charge in [0.1, 0.15) is 5.69 Å². The van der Waals surface area contributed by atoms with Gasteiger partial charge in [0.05, 0.1) is 11.9 Å². The topological polar surface area (TPSA) is 48.5 Å². The molecule has 0 aliphatic carbocycles. The van der Waals surface area contributed by atoms with Crippen LogP contribution in [0.4, 0.5) is 11.4 Å². The fraction of sp³-hybridized carbons (Fsp3) is 0.333. The van der Waals surface area contributed by atoms with Crippen molar-refractivity contribution in [3.8, 4) is 0 Å². The molecule has 0 saturated carbocycles. The minimum atomic E-state index is 0.00351. The summed E-state index contributed by atoms with van der Waals surface area (Å²) in [6.45, 7) is 6.56. The highest BCUT2D eigenvalue weighted by Gasteiger charge is 2.21. The molecular weight excluding hydrogens is 324 g/mol. The fourth-order valence-corrected chi connectivity index (χ4v) is 2.85. The van der Waals surface area contributed by atoms with Crippen LogP contribution in [0.2, 0.25) is 5.02 Å². The van der Waals surface area contributed by atoms with Gasteiger partial charge in [0.15, 0.2) is 0 Å². The van der Waals surface area contributed by atoms with Crippen molar-refractivity contribution in [2.45, 2.75) is 6.92 Å². The highest BCUT2D eigenvalue weighted by molar-refractivity contribution is 6.30. The lowest BCUT2D eigenvalue weighted by atomic mass is 10.2. The normalized spacial score (nSPS) is 15.3. The van der Waals surface area contributed by atoms with Gasteiger partial charge in [-0.2, -0.15) is 0 Å². The number of likely N-dealkylation sites (N-methyl/N-ethyl adjacent to an activating group) is 1. The Kier molecular flexibility index (Phi) is 5.33. The number of benzene rings is 1. The second kappa shape index (κ2) is 7.64. The third kappa shape index (κ3) is 4.04. The number of nitrogens with zero attached hydrogens (tertiary/aromatic N) is 3. The third-order valence-electron chi connectivity index (χ3n) is 4.22. The number of hydrogen-bond acceptors (Lipinski definition) is 4. The first-order chi connectivity index (χ1) is 11.7. The Labute approximate surface area is 147 Å². The Bertz CT molecular complexity index is 679. The predicted molar refractivity (Wildman–Crippen MR) is 97.0 cm³/mol. The first kappa shape index (κ1) is 16.7. The maximum atomic E-state index is 12.5. The van der Waals surface area contributed by atoms with Gasteiger partial charge in [-0.05, 0) is 42.9 Å². The van der Waals surface area contributed by atoms with Crippen molar-refractivity contribution in [3.05, 3.63) is 53.3 Å². The zero-order chi connectivity index (χ0) is 16.9. The molecule has 1 fully saturated rings. The van der Waals surface area contributed by atoms with Crippen LogP contribution in [0, 0.1) is 0 Å². The molecule has 0 unspecified atom stereocenters. The number of hydrogen-bond donors (Lipinski definition) is 1. The van der Waals surface area contributed by atoms with Crippen LogP contribution in [-0.4, -0.2) is 53.4 Å². The van der Waals surface area contributed by atoms with Crippen molar-refractivity contribution >= 4 is 28.9 Å². The molecule has 0 atom stereocenters. The SMILES string of the molecule is CCN1CCN(C(=O)c2ccc(Nc3ccc(Cl)cc3)cn2)CC1. The van der Waals surface area contributed by atoms with E-state index in [-0.39, 0.29) is 5.91 Å². The molecule has 6 heteroatoms. The van der Waals surface area contributed by atoms with E-state index in [1.165, 1.54) is 0 Å². The smallest absolute Gasteiger partial charge is 0.272 e. The molecule has 3 rings (SSSR count). The molecule has 24 heavy (non-hydrogen) atoms. The maximum absolute atomic E-state index is 12.5. The van der Waals surface area contributed by atoms with Gasteiger partial charge in [0.25, 0.3) is 5.91 Å². The van der Waals surface area contributed by atoms with Gasteiger partial charge in [-0.1, -0.05) is 18.5 Å². The summed E-state index contributed by atoms with van der Waals surface area (Å²) in [6, 6.07) is 11.1. The lowest BCUT2D eigenvalue weighted by Gasteiger charge is -2.33. The van der Waals surface area contributed by atoms with Gasteiger partial charge >= 0.3 is 0 Å². The summed E-state index contributed by atoms with van der Waals surface area (Å²) in [6.07, 6.45) is 1.68. The summed E-state index contributed by atoms with van der Waals surface area (Å²) in [5.41, 5.74) is 2.25. The molecule has 0 bridgehead atoms. The molecule has 1 N–H and O–H groups in total. The molecule has 1 aromatic carbocycles. The van der Waals surface area contributed by atoms with Crippen LogP contribution in [0.1, 0.15) is 17.4 Å². The molecule has 2 heterocycles. The number of nitrogens with one attached hydrogen (secondary N) is 1. The maximum Gasteiger partial charge on any atom is 0.272 e. The largest absolute Gasteiger partial charge is 0.354 e. The fourth-order valence-electron chi connectivity index (χ4n) is 2.72. The average Bonchev–Trinajstić information content (AvgIpc) is 2.64. The molecule has 1 aliphatic rings. The highest BCUT2D eigenvalue weighted by Crippen LogP contribution is 2.19. The molecule has 0 radical (unpaired) electrons. The molecule has 0 spiro atoms. The van der Waals surface area contributed by atoms with Gasteiger partial charge in [0, 0.05) is 36.9 Å². The molecule has 1 aliphatic heterocycles. The van der Waals surface area contributed by atoms with E-state index in [1.807, 2.05) is 35.2 Å². The first-order valence-electron chi connectivity index (χ1n) is 8.16. The van der Waals surface area contributed by atoms with E-state index in [9.17, 15) is 4.79 Å². The Hall–Kier alpha value is -2.11. The number of carbonyl (C=O) groups is 1. The summed E-state index contributed by atoms with van der Waals surface area (Å²) in [5.74, 6) is 0.00351. The van der Waals surface area contributed by atoms with Crippen molar-refractivity contribution in [2.75, 3.05) is 38.0 Å². The molecule has 1 amide bonds. The number of piperazine rings is 1. The second-order valence-electron chi connectivity index (χ2n) is 5.79. The zero-order valence-electron chi connectivity index (χ0n) is 13.7. The van der Waals surface area contributed by atoms with Gasteiger partial charge in [0.2, 0.25) is 0 Å². The molecule has 2 aromatic rings. The van der Waals surface area contributed by atoms with E-state index >= 15 is 0 Å². The average molecular weight is 345 g/mol. The molecule has 1 saturated heterocycles. The van der Waals surface area contributed by atoms with Crippen LogP contribution in [0.25, 0.3) is 0 Å². The van der Waals surface area contributed by atoms with Gasteiger partial charge in [-0.25, -0.2) is 4.98 Å². The van der Waals surface area contributed by atoms with Crippen LogP contribution in [-0.2, 0) is 0 Å². The van der Waals surface area contributed by atoms with E-state index in [1.54, 1.807) is 12.3 Å². The standard InChI is InChI=1S/C18H21ClN4O/c1-2-22-9-11-23(12-10-22)18(24)17-8-7-16(13-20-17)21-15-5-3-14(19)4-6-15/h3-8,13,21H,2,9-12H2,1H3. The lowest BCUT2D eigenvalue weighted by molar-refractivity contribution is 0.0637. The summed E-state index contributed by atoms with van der Waals surface area (Å²) >= 11 is 5.88. The number of carbonyl (C=O) groups excluding carboxylic acids is 1. The number of amides is 1. The minimum Gasteiger partial charge on any atom is -0.354 e.